The molecule has 2 atom stereocenters. The predicted octanol–water partition coefficient (Wildman–Crippen LogP) is 4.15. The van der Waals surface area contributed by atoms with Gasteiger partial charge in [-0.3, -0.25) is 4.99 Å². The van der Waals surface area contributed by atoms with Gasteiger partial charge in [0.2, 0.25) is 0 Å². The van der Waals surface area contributed by atoms with Gasteiger partial charge in [0, 0.05) is 25.0 Å². The van der Waals surface area contributed by atoms with Gasteiger partial charge in [0.15, 0.2) is 5.96 Å². The van der Waals surface area contributed by atoms with Crippen LogP contribution in [0.1, 0.15) is 79.0 Å². The van der Waals surface area contributed by atoms with Gasteiger partial charge >= 0.3 is 0 Å². The second-order valence-corrected chi connectivity index (χ2v) is 6.87. The summed E-state index contributed by atoms with van der Waals surface area (Å²) in [4.78, 5) is 4.76. The molecule has 7 heteroatoms. The fourth-order valence-corrected chi connectivity index (χ4v) is 2.66. The third-order valence-electron chi connectivity index (χ3n) is 4.49. The van der Waals surface area contributed by atoms with Crippen LogP contribution in [0.15, 0.2) is 11.3 Å². The molecule has 0 amide bonds. The number of aliphatic imine (C=N–C) groups is 1. The van der Waals surface area contributed by atoms with Crippen molar-refractivity contribution < 1.29 is 0 Å². The number of rotatable bonds is 12. The third kappa shape index (κ3) is 10.3. The van der Waals surface area contributed by atoms with Crippen LogP contribution < -0.4 is 10.6 Å². The van der Waals surface area contributed by atoms with Crippen LogP contribution in [0.3, 0.4) is 0 Å². The number of aryl methyl sites for hydroxylation is 1. The molecule has 0 fully saturated rings. The first-order valence-corrected chi connectivity index (χ1v) is 10.0. The summed E-state index contributed by atoms with van der Waals surface area (Å²) < 4.78 is 2.08. The quantitative estimate of drug-likeness (QED) is 0.205. The Hall–Kier alpha value is -0.860. The largest absolute Gasteiger partial charge is 0.354 e. The molecule has 0 aliphatic heterocycles. The molecule has 152 valence electrons. The molecule has 0 aliphatic rings. The Morgan fingerprint density at radius 1 is 1.12 bits per heavy atom. The molecule has 1 aromatic rings. The van der Waals surface area contributed by atoms with Crippen molar-refractivity contribution in [1.29, 1.82) is 0 Å². The van der Waals surface area contributed by atoms with Gasteiger partial charge in [0.1, 0.15) is 12.2 Å². The molecule has 0 aromatic carbocycles. The molecule has 1 heterocycles. The van der Waals surface area contributed by atoms with E-state index in [0.29, 0.717) is 12.1 Å². The van der Waals surface area contributed by atoms with E-state index < -0.39 is 0 Å². The van der Waals surface area contributed by atoms with E-state index in [2.05, 4.69) is 60.0 Å². The second kappa shape index (κ2) is 15.2. The minimum atomic E-state index is 0. The van der Waals surface area contributed by atoms with Gasteiger partial charge in [0.05, 0.1) is 6.54 Å². The molecule has 0 aliphatic carbocycles. The average molecular weight is 478 g/mol. The van der Waals surface area contributed by atoms with Crippen LogP contribution in [-0.2, 0) is 13.0 Å². The van der Waals surface area contributed by atoms with E-state index in [1.807, 2.05) is 0 Å². The molecule has 0 saturated heterocycles. The predicted molar refractivity (Wildman–Crippen MR) is 121 cm³/mol. The minimum absolute atomic E-state index is 0. The number of guanidine groups is 1. The zero-order valence-corrected chi connectivity index (χ0v) is 19.6. The van der Waals surface area contributed by atoms with E-state index >= 15 is 0 Å². The SMILES string of the molecule is CCCCCCC(C)NC(=NCCn1cnnc1CC)NC(C)CC.I. The molecule has 0 saturated carbocycles. The van der Waals surface area contributed by atoms with Crippen molar-refractivity contribution in [2.24, 2.45) is 4.99 Å². The Kier molecular flexibility index (Phi) is 14.7. The summed E-state index contributed by atoms with van der Waals surface area (Å²) in [6, 6.07) is 0.855. The molecule has 0 spiro atoms. The van der Waals surface area contributed by atoms with Crippen LogP contribution in [0.5, 0.6) is 0 Å². The molecule has 0 bridgehead atoms. The molecular formula is C19H39IN6. The Morgan fingerprint density at radius 3 is 2.50 bits per heavy atom. The van der Waals surface area contributed by atoms with E-state index in [0.717, 1.165) is 37.7 Å². The highest BCUT2D eigenvalue weighted by molar-refractivity contribution is 14.0. The summed E-state index contributed by atoms with van der Waals surface area (Å²) in [6.07, 6.45) is 10.2. The fourth-order valence-electron chi connectivity index (χ4n) is 2.66. The molecule has 6 nitrogen and oxygen atoms in total. The Labute approximate surface area is 177 Å². The molecular weight excluding hydrogens is 439 g/mol. The van der Waals surface area contributed by atoms with Gasteiger partial charge in [-0.2, -0.15) is 0 Å². The summed E-state index contributed by atoms with van der Waals surface area (Å²) in [5.74, 6) is 1.94. The van der Waals surface area contributed by atoms with Crippen LogP contribution in [0, 0.1) is 0 Å². The lowest BCUT2D eigenvalue weighted by molar-refractivity contribution is 0.526. The zero-order chi connectivity index (χ0) is 18.5. The number of unbranched alkanes of at least 4 members (excludes halogenated alkanes) is 3. The Morgan fingerprint density at radius 2 is 1.85 bits per heavy atom. The molecule has 1 rings (SSSR count). The van der Waals surface area contributed by atoms with Crippen molar-refractivity contribution in [3.63, 3.8) is 0 Å². The maximum absolute atomic E-state index is 4.76. The van der Waals surface area contributed by atoms with Crippen LogP contribution >= 0.6 is 24.0 Å². The van der Waals surface area contributed by atoms with Crippen LogP contribution in [0.2, 0.25) is 0 Å². The highest BCUT2D eigenvalue weighted by Crippen LogP contribution is 2.05. The van der Waals surface area contributed by atoms with Gasteiger partial charge in [-0.15, -0.1) is 34.2 Å². The second-order valence-electron chi connectivity index (χ2n) is 6.87. The monoisotopic (exact) mass is 478 g/mol. The number of hydrogen-bond donors (Lipinski definition) is 2. The lowest BCUT2D eigenvalue weighted by Crippen LogP contribution is -2.45. The van der Waals surface area contributed by atoms with Crippen molar-refractivity contribution in [2.45, 2.75) is 98.2 Å². The number of hydrogen-bond acceptors (Lipinski definition) is 3. The third-order valence-corrected chi connectivity index (χ3v) is 4.49. The Balaban J connectivity index is 0.00000625. The van der Waals surface area contributed by atoms with Crippen LogP contribution in [-0.4, -0.2) is 39.4 Å². The van der Waals surface area contributed by atoms with E-state index in [1.165, 1.54) is 32.1 Å². The maximum Gasteiger partial charge on any atom is 0.191 e. The first kappa shape index (κ1) is 25.1. The van der Waals surface area contributed by atoms with Crippen molar-refractivity contribution in [3.05, 3.63) is 12.2 Å². The van der Waals surface area contributed by atoms with Gasteiger partial charge in [-0.1, -0.05) is 46.5 Å². The van der Waals surface area contributed by atoms with Gasteiger partial charge in [-0.25, -0.2) is 0 Å². The normalized spacial score (nSPS) is 13.8. The van der Waals surface area contributed by atoms with Crippen molar-refractivity contribution in [2.75, 3.05) is 6.54 Å². The lowest BCUT2D eigenvalue weighted by atomic mass is 10.1. The first-order valence-electron chi connectivity index (χ1n) is 10.0. The zero-order valence-electron chi connectivity index (χ0n) is 17.3. The first-order chi connectivity index (χ1) is 12.1. The summed E-state index contributed by atoms with van der Waals surface area (Å²) in [7, 11) is 0. The van der Waals surface area contributed by atoms with Crippen LogP contribution in [0.25, 0.3) is 0 Å². The highest BCUT2D eigenvalue weighted by atomic mass is 127. The van der Waals surface area contributed by atoms with Crippen LogP contribution in [0.4, 0.5) is 0 Å². The van der Waals surface area contributed by atoms with E-state index in [1.54, 1.807) is 6.33 Å². The highest BCUT2D eigenvalue weighted by Gasteiger charge is 2.08. The minimum Gasteiger partial charge on any atom is -0.354 e. The molecule has 2 N–H and O–H groups in total. The summed E-state index contributed by atoms with van der Waals surface area (Å²) in [5.41, 5.74) is 0. The standard InChI is InChI=1S/C19H38N6.HI/c1-6-9-10-11-12-17(5)23-19(22-16(4)7-2)20-13-14-25-15-21-24-18(25)8-3;/h15-17H,6-14H2,1-5H3,(H2,20,22,23);1H. The van der Waals surface area contributed by atoms with Crippen molar-refractivity contribution in [1.82, 2.24) is 25.4 Å². The van der Waals surface area contributed by atoms with Gasteiger partial charge < -0.3 is 15.2 Å². The molecule has 0 radical (unpaired) electrons. The van der Waals surface area contributed by atoms with E-state index in [4.69, 9.17) is 4.99 Å². The van der Waals surface area contributed by atoms with E-state index in [-0.39, 0.29) is 24.0 Å². The van der Waals surface area contributed by atoms with Gasteiger partial charge in [0.25, 0.3) is 0 Å². The Bertz CT molecular complexity index is 488. The molecule has 2 unspecified atom stereocenters. The fraction of sp³-hybridized carbons (Fsp3) is 0.842. The number of halogens is 1. The van der Waals surface area contributed by atoms with Gasteiger partial charge in [-0.05, 0) is 26.7 Å². The molecule has 26 heavy (non-hydrogen) atoms. The average Bonchev–Trinajstić information content (AvgIpc) is 3.06. The number of nitrogens with one attached hydrogen (secondary N) is 2. The molecule has 1 aromatic heterocycles. The summed E-state index contributed by atoms with van der Waals surface area (Å²) in [5, 5.41) is 15.2. The van der Waals surface area contributed by atoms with Crippen molar-refractivity contribution >= 4 is 29.9 Å². The summed E-state index contributed by atoms with van der Waals surface area (Å²) in [6.45, 7) is 12.5. The van der Waals surface area contributed by atoms with E-state index in [9.17, 15) is 0 Å². The number of nitrogens with zero attached hydrogens (tertiary/aromatic N) is 4. The topological polar surface area (TPSA) is 67.1 Å². The summed E-state index contributed by atoms with van der Waals surface area (Å²) >= 11 is 0. The lowest BCUT2D eigenvalue weighted by Gasteiger charge is -2.21. The van der Waals surface area contributed by atoms with Crippen molar-refractivity contribution in [3.8, 4) is 0 Å². The smallest absolute Gasteiger partial charge is 0.191 e. The number of aromatic nitrogens is 3. The maximum atomic E-state index is 4.76.